The first-order chi connectivity index (χ1) is 41.1. The Hall–Kier alpha value is -6.78. The van der Waals surface area contributed by atoms with E-state index in [1.807, 2.05) is 0 Å². The zero-order valence-corrected chi connectivity index (χ0v) is 57.2. The van der Waals surface area contributed by atoms with Crippen LogP contribution in [-0.4, -0.2) is 12.3 Å². The number of benzene rings is 8. The van der Waals surface area contributed by atoms with Crippen LogP contribution < -0.4 is 31.1 Å². The Morgan fingerprint density at radius 2 is 0.852 bits per heavy atom. The summed E-state index contributed by atoms with van der Waals surface area (Å²) >= 11 is 0. The van der Waals surface area contributed by atoms with Gasteiger partial charge in [-0.1, -0.05) is 228 Å². The van der Waals surface area contributed by atoms with E-state index in [2.05, 4.69) is 299 Å². The largest absolute Gasteiger partial charge is 0.334 e. The molecule has 452 valence electrons. The second-order valence-electron chi connectivity index (χ2n) is 34.4. The van der Waals surface area contributed by atoms with Crippen LogP contribution in [0.5, 0.6) is 0 Å². The van der Waals surface area contributed by atoms with Crippen molar-refractivity contribution in [3.63, 3.8) is 0 Å². The number of aryl methyl sites for hydroxylation is 1. The molecule has 1 saturated carbocycles. The third-order valence-electron chi connectivity index (χ3n) is 23.4. The minimum atomic E-state index is -0.212. The summed E-state index contributed by atoms with van der Waals surface area (Å²) in [5.74, 6) is 0. The summed E-state index contributed by atoms with van der Waals surface area (Å²) in [4.78, 5) is 8.45. The zero-order chi connectivity index (χ0) is 62.6. The molecule has 8 aromatic carbocycles. The summed E-state index contributed by atoms with van der Waals surface area (Å²) < 4.78 is 0. The lowest BCUT2D eigenvalue weighted by atomic mass is 9.33. The van der Waals surface area contributed by atoms with Gasteiger partial charge in [-0.3, -0.25) is 0 Å². The maximum Gasteiger partial charge on any atom is 0.252 e. The van der Waals surface area contributed by atoms with Gasteiger partial charge in [-0.05, 0) is 222 Å². The van der Waals surface area contributed by atoms with Crippen LogP contribution in [0.2, 0.25) is 0 Å². The molecular formula is C84H98BN3. The lowest BCUT2D eigenvalue weighted by Crippen LogP contribution is -2.62. The number of nitrogens with zero attached hydrogens (tertiary/aromatic N) is 3. The van der Waals surface area contributed by atoms with Crippen LogP contribution in [0.4, 0.5) is 45.5 Å². The van der Waals surface area contributed by atoms with Crippen molar-refractivity contribution in [1.82, 2.24) is 0 Å². The number of rotatable bonds is 5. The molecule has 0 aromatic heterocycles. The molecule has 0 spiro atoms. The molecule has 1 fully saturated rings. The van der Waals surface area contributed by atoms with Crippen molar-refractivity contribution in [2.75, 3.05) is 14.7 Å². The van der Waals surface area contributed by atoms with Gasteiger partial charge in [0.25, 0.3) is 6.71 Å². The van der Waals surface area contributed by atoms with Gasteiger partial charge in [-0.2, -0.15) is 0 Å². The summed E-state index contributed by atoms with van der Waals surface area (Å²) in [5, 5.41) is 0. The van der Waals surface area contributed by atoms with Crippen LogP contribution >= 0.6 is 0 Å². The van der Waals surface area contributed by atoms with E-state index in [-0.39, 0.29) is 55.6 Å². The molecule has 3 aliphatic heterocycles. The van der Waals surface area contributed by atoms with Crippen molar-refractivity contribution in [3.05, 3.63) is 196 Å². The van der Waals surface area contributed by atoms with E-state index in [9.17, 15) is 0 Å². The van der Waals surface area contributed by atoms with Gasteiger partial charge in [0.05, 0.1) is 11.2 Å². The van der Waals surface area contributed by atoms with Crippen LogP contribution in [0.25, 0.3) is 22.3 Å². The summed E-state index contributed by atoms with van der Waals surface area (Å²) in [5.41, 5.74) is 32.2. The number of hydrogen-bond donors (Lipinski definition) is 0. The zero-order valence-electron chi connectivity index (χ0n) is 57.2. The highest BCUT2D eigenvalue weighted by atomic mass is 15.3. The van der Waals surface area contributed by atoms with Crippen LogP contribution in [0, 0.1) is 6.92 Å². The highest BCUT2D eigenvalue weighted by molar-refractivity contribution is 7.00. The molecule has 3 nitrogen and oxygen atoms in total. The molecule has 0 amide bonds. The molecule has 0 radical (unpaired) electrons. The molecule has 0 N–H and O–H groups in total. The maximum atomic E-state index is 2.88. The molecule has 14 rings (SSSR count). The molecule has 2 atom stereocenters. The first-order valence-electron chi connectivity index (χ1n) is 33.7. The van der Waals surface area contributed by atoms with Crippen molar-refractivity contribution in [2.45, 2.75) is 232 Å². The van der Waals surface area contributed by atoms with E-state index < -0.39 is 0 Å². The van der Waals surface area contributed by atoms with Crippen molar-refractivity contribution in [3.8, 4) is 22.3 Å². The first-order valence-corrected chi connectivity index (χ1v) is 33.7. The molecule has 3 aliphatic carbocycles. The molecule has 4 heteroatoms. The first kappa shape index (κ1) is 58.9. The van der Waals surface area contributed by atoms with Crippen molar-refractivity contribution < 1.29 is 0 Å². The molecule has 0 saturated heterocycles. The summed E-state index contributed by atoms with van der Waals surface area (Å²) in [7, 11) is 0. The second kappa shape index (κ2) is 19.1. The standard InChI is InChI=1S/C84H98BN3/c1-52-42-57(77(5,6)7)33-36-68(52)86-71-49-63-61(79(11,12)40-41-80(63,13)14)47-66(71)85-67-48-62-64(82(17,18)51-81(62,15)16)50-72(67)87(69-37-34-58(78(8,9)10)44-60(69)54-26-22-21-23-27-54)74-46-59(45-73(86)75(74)85)88-70-35-30-55(53-28-31-56(32-29-53)76(2,3)4)43-65(70)83(19)38-24-25-39-84(83,88)20/h21-23,26-37,42-50H,24-25,38-41,51H2,1-20H3. The maximum absolute atomic E-state index is 2.88. The van der Waals surface area contributed by atoms with E-state index in [0.29, 0.717) is 0 Å². The molecule has 0 bridgehead atoms. The van der Waals surface area contributed by atoms with Gasteiger partial charge in [-0.25, -0.2) is 0 Å². The van der Waals surface area contributed by atoms with Crippen LogP contribution in [0.1, 0.15) is 227 Å². The third-order valence-corrected chi connectivity index (χ3v) is 23.4. The normalized spacial score (nSPS) is 21.7. The predicted octanol–water partition coefficient (Wildman–Crippen LogP) is 21.4. The Morgan fingerprint density at radius 1 is 0.375 bits per heavy atom. The summed E-state index contributed by atoms with van der Waals surface area (Å²) in [6, 6.07) is 59.5. The van der Waals surface area contributed by atoms with Crippen LogP contribution in [0.3, 0.4) is 0 Å². The van der Waals surface area contributed by atoms with E-state index in [1.54, 1.807) is 0 Å². The van der Waals surface area contributed by atoms with E-state index in [1.165, 1.54) is 147 Å². The van der Waals surface area contributed by atoms with Crippen LogP contribution in [-0.2, 0) is 43.3 Å². The molecule has 3 heterocycles. The Kier molecular flexibility index (Phi) is 12.8. The van der Waals surface area contributed by atoms with Gasteiger partial charge in [0, 0.05) is 50.8 Å². The summed E-state index contributed by atoms with van der Waals surface area (Å²) in [6.07, 6.45) is 8.09. The van der Waals surface area contributed by atoms with Gasteiger partial charge < -0.3 is 14.7 Å². The minimum Gasteiger partial charge on any atom is -0.334 e. The fraction of sp³-hybridized carbons (Fsp3) is 0.429. The smallest absolute Gasteiger partial charge is 0.252 e. The van der Waals surface area contributed by atoms with E-state index >= 15 is 0 Å². The topological polar surface area (TPSA) is 9.72 Å². The second-order valence-corrected chi connectivity index (χ2v) is 34.4. The van der Waals surface area contributed by atoms with Crippen molar-refractivity contribution in [2.24, 2.45) is 0 Å². The van der Waals surface area contributed by atoms with Gasteiger partial charge in [0.1, 0.15) is 0 Å². The monoisotopic (exact) mass is 1160 g/mol. The predicted molar refractivity (Wildman–Crippen MR) is 381 cm³/mol. The molecule has 8 aromatic rings. The van der Waals surface area contributed by atoms with Crippen molar-refractivity contribution >= 4 is 68.6 Å². The Balaban J connectivity index is 1.14. The van der Waals surface area contributed by atoms with Crippen LogP contribution in [0.15, 0.2) is 146 Å². The summed E-state index contributed by atoms with van der Waals surface area (Å²) in [6.45, 7) is 48.9. The average molecular weight is 1160 g/mol. The lowest BCUT2D eigenvalue weighted by molar-refractivity contribution is 0.195. The number of fused-ring (bicyclic) bond motifs is 9. The van der Waals surface area contributed by atoms with Gasteiger partial charge in [0.15, 0.2) is 0 Å². The van der Waals surface area contributed by atoms with E-state index in [4.69, 9.17) is 0 Å². The van der Waals surface area contributed by atoms with Gasteiger partial charge >= 0.3 is 0 Å². The molecule has 88 heavy (non-hydrogen) atoms. The fourth-order valence-electron chi connectivity index (χ4n) is 18.1. The molecule has 2 unspecified atom stereocenters. The minimum absolute atomic E-state index is 0.00150. The van der Waals surface area contributed by atoms with Crippen molar-refractivity contribution in [1.29, 1.82) is 0 Å². The Bertz CT molecular complexity index is 4190. The lowest BCUT2D eigenvalue weighted by Gasteiger charge is -2.51. The Morgan fingerprint density at radius 3 is 1.42 bits per heavy atom. The SMILES string of the molecule is Cc1cc(C(C)(C)C)ccc1N1c2cc3c(cc2B2c4cc5c(cc4N(c4ccc(C(C)(C)C)cc4-c4ccccc4)c4cc(N6c7ccc(-c8ccc(C(C)(C)C)cc8)cc7C7(C)CCCCC67C)cc1c42)C(C)(C)CC5(C)C)C(C)(C)CCC3(C)C. The average Bonchev–Trinajstić information content (AvgIpc) is 1.12. The number of anilines is 8. The Labute approximate surface area is 530 Å². The van der Waals surface area contributed by atoms with Gasteiger partial charge in [-0.15, -0.1) is 0 Å². The molecular weight excluding hydrogens is 1060 g/mol. The fourth-order valence-corrected chi connectivity index (χ4v) is 18.1. The quantitative estimate of drug-likeness (QED) is 0.159. The molecule has 6 aliphatic rings. The highest BCUT2D eigenvalue weighted by Gasteiger charge is 2.59. The third kappa shape index (κ3) is 8.76. The number of hydrogen-bond acceptors (Lipinski definition) is 3. The van der Waals surface area contributed by atoms with Gasteiger partial charge in [0.2, 0.25) is 0 Å². The van der Waals surface area contributed by atoms with E-state index in [0.717, 1.165) is 32.1 Å². The highest BCUT2D eigenvalue weighted by Crippen LogP contribution is 2.63.